The highest BCUT2D eigenvalue weighted by atomic mass is 16.7. The topological polar surface area (TPSA) is 108 Å². The van der Waals surface area contributed by atoms with E-state index in [0.717, 1.165) is 38.5 Å². The molecular weight excluding hydrogens is 1170 g/mol. The molecule has 2 unspecified atom stereocenters. The van der Waals surface area contributed by atoms with Crippen LogP contribution in [-0.2, 0) is 33.3 Å². The molecule has 95 heavy (non-hydrogen) atoms. The van der Waals surface area contributed by atoms with Crippen LogP contribution in [0, 0.1) is 0 Å². The molecule has 0 saturated carbocycles. The number of hydrogen-bond acceptors (Lipinski definition) is 7. The van der Waals surface area contributed by atoms with Crippen LogP contribution in [0.4, 0.5) is 0 Å². The molecule has 0 heterocycles. The average molecular weight is 1340 g/mol. The number of likely N-dealkylation sites (N-methyl/N-ethyl adjacent to an activating group) is 1. The van der Waals surface area contributed by atoms with E-state index in [1.807, 2.05) is 21.1 Å². The zero-order chi connectivity index (χ0) is 69.0. The van der Waals surface area contributed by atoms with Crippen LogP contribution in [0.2, 0.25) is 0 Å². The van der Waals surface area contributed by atoms with Crippen molar-refractivity contribution < 1.29 is 42.9 Å². The first-order chi connectivity index (χ1) is 46.6. The van der Waals surface area contributed by atoms with Gasteiger partial charge in [0.25, 0.3) is 6.29 Å². The molecule has 0 aromatic carbocycles. The van der Waals surface area contributed by atoms with E-state index in [4.69, 9.17) is 18.9 Å². The lowest BCUT2D eigenvalue weighted by Crippen LogP contribution is -2.40. The number of hydrogen-bond donors (Lipinski definition) is 1. The van der Waals surface area contributed by atoms with Gasteiger partial charge in [0, 0.05) is 12.8 Å². The monoisotopic (exact) mass is 1340 g/mol. The molecule has 0 aromatic heterocycles. The quantitative estimate of drug-likeness (QED) is 0.0211. The fourth-order valence-electron chi connectivity index (χ4n) is 13.2. The molecule has 0 bridgehead atoms. The number of carboxylic acid groups (broad SMARTS) is 1. The number of carbonyl (C=O) groups is 3. The smallest absolute Gasteiger partial charge is 0.361 e. The van der Waals surface area contributed by atoms with E-state index >= 15 is 0 Å². The fraction of sp³-hybridized carbons (Fsp3) is 0.919. The van der Waals surface area contributed by atoms with Gasteiger partial charge in [-0.2, -0.15) is 0 Å². The summed E-state index contributed by atoms with van der Waals surface area (Å²) in [4.78, 5) is 37.8. The molecule has 0 aliphatic carbocycles. The van der Waals surface area contributed by atoms with Crippen LogP contribution >= 0.6 is 0 Å². The van der Waals surface area contributed by atoms with E-state index in [1.54, 1.807) is 0 Å². The first kappa shape index (κ1) is 92.8. The van der Waals surface area contributed by atoms with Gasteiger partial charge >= 0.3 is 17.9 Å². The van der Waals surface area contributed by atoms with Crippen LogP contribution < -0.4 is 0 Å². The van der Waals surface area contributed by atoms with E-state index in [0.29, 0.717) is 17.4 Å². The predicted molar refractivity (Wildman–Crippen MR) is 411 cm³/mol. The van der Waals surface area contributed by atoms with Gasteiger partial charge in [-0.15, -0.1) is 0 Å². The van der Waals surface area contributed by atoms with Crippen molar-refractivity contribution in [2.45, 2.75) is 463 Å². The summed E-state index contributed by atoms with van der Waals surface area (Å²) in [5, 5.41) is 9.78. The Labute approximate surface area is 592 Å². The molecule has 0 aliphatic rings. The molecule has 0 spiro atoms. The minimum Gasteiger partial charge on any atom is -0.477 e. The van der Waals surface area contributed by atoms with Gasteiger partial charge in [-0.1, -0.05) is 398 Å². The van der Waals surface area contributed by atoms with Gasteiger partial charge in [-0.05, 0) is 64.2 Å². The number of allylic oxidation sites excluding steroid dienone is 4. The Balaban J connectivity index is 3.93. The second-order valence-corrected chi connectivity index (χ2v) is 30.5. The summed E-state index contributed by atoms with van der Waals surface area (Å²) in [6.45, 7) is 4.97. The minimum absolute atomic E-state index is 0.174. The Kier molecular flexibility index (Phi) is 75.7. The maximum atomic E-state index is 13.0. The summed E-state index contributed by atoms with van der Waals surface area (Å²) in [7, 11) is 6.00. The summed E-state index contributed by atoms with van der Waals surface area (Å²) >= 11 is 0. The molecular formula is C86H166NO8+. The first-order valence-electron chi connectivity index (χ1n) is 42.5. The molecule has 562 valence electrons. The molecule has 0 saturated heterocycles. The van der Waals surface area contributed by atoms with Crippen molar-refractivity contribution in [3.05, 3.63) is 24.3 Å². The van der Waals surface area contributed by atoms with E-state index in [9.17, 15) is 19.5 Å². The second-order valence-electron chi connectivity index (χ2n) is 30.5. The maximum absolute atomic E-state index is 13.0. The highest BCUT2D eigenvalue weighted by Gasteiger charge is 2.25. The van der Waals surface area contributed by atoms with Crippen molar-refractivity contribution in [3.63, 3.8) is 0 Å². The Morgan fingerprint density at radius 1 is 0.305 bits per heavy atom. The van der Waals surface area contributed by atoms with E-state index < -0.39 is 18.4 Å². The van der Waals surface area contributed by atoms with Crippen LogP contribution in [0.5, 0.6) is 0 Å². The number of nitrogens with zero attached hydrogens (tertiary/aromatic N) is 1. The number of carbonyl (C=O) groups excluding carboxylic acids is 2. The molecule has 0 amide bonds. The Hall–Kier alpha value is -2.23. The molecule has 0 radical (unpaired) electrons. The van der Waals surface area contributed by atoms with Crippen molar-refractivity contribution in [2.75, 3.05) is 47.5 Å². The number of quaternary nitrogens is 1. The number of esters is 2. The van der Waals surface area contributed by atoms with Gasteiger partial charge < -0.3 is 28.5 Å². The highest BCUT2D eigenvalue weighted by Crippen LogP contribution is 2.21. The molecule has 9 nitrogen and oxygen atoms in total. The summed E-state index contributed by atoms with van der Waals surface area (Å²) in [6, 6.07) is 0. The first-order valence-corrected chi connectivity index (χ1v) is 42.5. The Morgan fingerprint density at radius 2 is 0.537 bits per heavy atom. The number of unbranched alkanes of at least 4 members (excludes halogenated alkanes) is 62. The van der Waals surface area contributed by atoms with Gasteiger partial charge in [0.15, 0.2) is 6.10 Å². The van der Waals surface area contributed by atoms with Gasteiger partial charge in [-0.3, -0.25) is 9.59 Å². The lowest BCUT2D eigenvalue weighted by atomic mass is 10.0. The number of rotatable bonds is 81. The Bertz CT molecular complexity index is 1610. The minimum atomic E-state index is -1.51. The second kappa shape index (κ2) is 77.5. The molecule has 2 atom stereocenters. The fourth-order valence-corrected chi connectivity index (χ4v) is 13.2. The summed E-state index contributed by atoms with van der Waals surface area (Å²) < 4.78 is 23.1. The summed E-state index contributed by atoms with van der Waals surface area (Å²) in [5.41, 5.74) is 0. The van der Waals surface area contributed by atoms with Crippen LogP contribution in [0.3, 0.4) is 0 Å². The molecule has 0 aliphatic heterocycles. The van der Waals surface area contributed by atoms with Gasteiger partial charge in [-0.25, -0.2) is 4.79 Å². The van der Waals surface area contributed by atoms with Crippen molar-refractivity contribution in [2.24, 2.45) is 0 Å². The SMILES string of the molecule is CCCCCCCCCC/C=C\CCCCCCCCCCCCCCCCCCCCCCCCCC(=O)OCC(COC(OCC[N+](C)(C)C)C(=O)O)OC(=O)CCCCCCCCCCCCCCCCCCCCCCCCC/C=C\CCCCCCCCCC. The van der Waals surface area contributed by atoms with E-state index in [1.165, 1.54) is 385 Å². The van der Waals surface area contributed by atoms with Crippen molar-refractivity contribution in [1.82, 2.24) is 0 Å². The van der Waals surface area contributed by atoms with Crippen LogP contribution in [0.1, 0.15) is 450 Å². The van der Waals surface area contributed by atoms with Crippen LogP contribution in [0.15, 0.2) is 24.3 Å². The third-order valence-corrected chi connectivity index (χ3v) is 19.7. The number of aliphatic carboxylic acids is 1. The summed E-state index contributed by atoms with van der Waals surface area (Å²) in [5.74, 6) is -1.96. The summed E-state index contributed by atoms with van der Waals surface area (Å²) in [6.07, 6.45) is 96.5. The zero-order valence-corrected chi connectivity index (χ0v) is 64.6. The number of ether oxygens (including phenoxy) is 4. The third kappa shape index (κ3) is 79.0. The lowest BCUT2D eigenvalue weighted by Gasteiger charge is -2.25. The average Bonchev–Trinajstić information content (AvgIpc) is 2.94. The van der Waals surface area contributed by atoms with Gasteiger partial charge in [0.1, 0.15) is 13.2 Å². The predicted octanol–water partition coefficient (Wildman–Crippen LogP) is 27.3. The van der Waals surface area contributed by atoms with Gasteiger partial charge in [0.2, 0.25) is 0 Å². The zero-order valence-electron chi connectivity index (χ0n) is 64.6. The molecule has 0 rings (SSSR count). The van der Waals surface area contributed by atoms with Crippen LogP contribution in [0.25, 0.3) is 0 Å². The standard InChI is InChI=1S/C86H165NO8/c1-6-8-10-12-14-16-18-20-22-24-26-28-30-32-34-36-38-40-42-44-46-48-50-52-54-56-58-60-62-64-66-68-70-72-74-76-83(88)93-80-82(81-94-86(85(90)91)92-79-78-87(3,4)5)95-84(89)77-75-73-71-69-67-65-63-61-59-57-55-53-51-49-47-45-43-41-39-37-35-33-31-29-27-25-23-21-19-17-15-13-11-9-7-2/h24-27,82,86H,6-23,28-81H2,1-5H3/p+1/b26-24-,27-25-. The number of carboxylic acids is 1. The normalized spacial score (nSPS) is 12.6. The van der Waals surface area contributed by atoms with Crippen molar-refractivity contribution >= 4 is 17.9 Å². The molecule has 1 N–H and O–H groups in total. The maximum Gasteiger partial charge on any atom is 0.361 e. The molecule has 9 heteroatoms. The largest absolute Gasteiger partial charge is 0.477 e. The van der Waals surface area contributed by atoms with E-state index in [-0.39, 0.29) is 38.2 Å². The molecule has 0 fully saturated rings. The van der Waals surface area contributed by atoms with Crippen molar-refractivity contribution in [1.29, 1.82) is 0 Å². The van der Waals surface area contributed by atoms with Crippen LogP contribution in [-0.4, -0.2) is 87.4 Å². The third-order valence-electron chi connectivity index (χ3n) is 19.7. The lowest BCUT2D eigenvalue weighted by molar-refractivity contribution is -0.870. The van der Waals surface area contributed by atoms with E-state index in [2.05, 4.69) is 38.2 Å². The highest BCUT2D eigenvalue weighted by molar-refractivity contribution is 5.71. The molecule has 0 aromatic rings. The van der Waals surface area contributed by atoms with Crippen molar-refractivity contribution in [3.8, 4) is 0 Å². The Morgan fingerprint density at radius 3 is 0.779 bits per heavy atom. The van der Waals surface area contributed by atoms with Gasteiger partial charge in [0.05, 0.1) is 34.4 Å².